The van der Waals surface area contributed by atoms with Gasteiger partial charge in [0.25, 0.3) is 5.56 Å². The first-order valence-corrected chi connectivity index (χ1v) is 8.00. The van der Waals surface area contributed by atoms with Crippen molar-refractivity contribution in [3.63, 3.8) is 0 Å². The van der Waals surface area contributed by atoms with Gasteiger partial charge in [0.1, 0.15) is 0 Å². The number of aromatic amines is 1. The summed E-state index contributed by atoms with van der Waals surface area (Å²) in [4.78, 5) is 36.5. The van der Waals surface area contributed by atoms with Gasteiger partial charge >= 0.3 is 6.18 Å². The average molecular weight is 358 g/mol. The Kier molecular flexibility index (Phi) is 4.53. The number of rotatable bonds is 3. The predicted octanol–water partition coefficient (Wildman–Crippen LogP) is 0.732. The fraction of sp³-hybridized carbons (Fsp3) is 0.600. The van der Waals surface area contributed by atoms with Gasteiger partial charge < -0.3 is 10.2 Å². The highest BCUT2D eigenvalue weighted by Crippen LogP contribution is 2.32. The van der Waals surface area contributed by atoms with Crippen molar-refractivity contribution in [1.82, 2.24) is 20.4 Å². The Morgan fingerprint density at radius 2 is 2.00 bits per heavy atom. The van der Waals surface area contributed by atoms with Gasteiger partial charge in [-0.2, -0.15) is 18.3 Å². The van der Waals surface area contributed by atoms with Gasteiger partial charge in [-0.1, -0.05) is 0 Å². The van der Waals surface area contributed by atoms with Crippen LogP contribution in [0.3, 0.4) is 0 Å². The number of hydrogen-bond donors (Lipinski definition) is 2. The Morgan fingerprint density at radius 3 is 2.64 bits per heavy atom. The van der Waals surface area contributed by atoms with E-state index in [1.54, 1.807) is 0 Å². The van der Waals surface area contributed by atoms with Gasteiger partial charge in [-0.25, -0.2) is 5.10 Å². The number of fused-ring (bicyclic) bond motifs is 1. The molecule has 10 heteroatoms. The summed E-state index contributed by atoms with van der Waals surface area (Å²) in [7, 11) is 0. The van der Waals surface area contributed by atoms with E-state index < -0.39 is 17.4 Å². The Hall–Kier alpha value is -2.39. The van der Waals surface area contributed by atoms with Crippen LogP contribution in [0.4, 0.5) is 13.2 Å². The summed E-state index contributed by atoms with van der Waals surface area (Å²) in [6.45, 7) is -0.0931. The Bertz CT molecular complexity index is 759. The maximum Gasteiger partial charge on any atom is 0.435 e. The predicted molar refractivity (Wildman–Crippen MR) is 79.4 cm³/mol. The number of halogens is 3. The number of H-pyrrole nitrogens is 1. The third kappa shape index (κ3) is 3.67. The second-order valence-electron chi connectivity index (χ2n) is 6.26. The van der Waals surface area contributed by atoms with Crippen molar-refractivity contribution in [2.24, 2.45) is 0 Å². The quantitative estimate of drug-likeness (QED) is 0.833. The summed E-state index contributed by atoms with van der Waals surface area (Å²) in [5.41, 5.74) is -1.99. The zero-order chi connectivity index (χ0) is 18.2. The number of hydrogen-bond acceptors (Lipinski definition) is 4. The molecular formula is C15H17F3N4O3. The van der Waals surface area contributed by atoms with Crippen molar-refractivity contribution < 1.29 is 22.8 Å². The molecule has 1 saturated heterocycles. The first-order chi connectivity index (χ1) is 11.8. The van der Waals surface area contributed by atoms with E-state index in [4.69, 9.17) is 0 Å². The first-order valence-electron chi connectivity index (χ1n) is 8.00. The normalized spacial score (nSPS) is 20.4. The zero-order valence-corrected chi connectivity index (χ0v) is 13.3. The lowest BCUT2D eigenvalue weighted by Gasteiger charge is -2.30. The van der Waals surface area contributed by atoms with E-state index in [2.05, 4.69) is 10.4 Å². The summed E-state index contributed by atoms with van der Waals surface area (Å²) in [5.74, 6) is -0.343. The topological polar surface area (TPSA) is 95.2 Å². The SMILES string of the molecule is O=C1CCC(CCC(=O)N2CCc3c(c(C(F)(F)F)n[nH]c3=O)C2)N1. The fourth-order valence-electron chi connectivity index (χ4n) is 3.27. The van der Waals surface area contributed by atoms with Crippen LogP contribution in [0.15, 0.2) is 4.79 Å². The highest BCUT2D eigenvalue weighted by Gasteiger charge is 2.39. The third-order valence-electron chi connectivity index (χ3n) is 4.59. The third-order valence-corrected chi connectivity index (χ3v) is 4.59. The van der Waals surface area contributed by atoms with E-state index in [-0.39, 0.29) is 54.9 Å². The van der Waals surface area contributed by atoms with Crippen LogP contribution in [-0.2, 0) is 28.7 Å². The molecule has 1 unspecified atom stereocenters. The molecular weight excluding hydrogens is 341 g/mol. The van der Waals surface area contributed by atoms with Crippen molar-refractivity contribution in [2.75, 3.05) is 6.54 Å². The maximum absolute atomic E-state index is 13.1. The number of nitrogens with one attached hydrogen (secondary N) is 2. The van der Waals surface area contributed by atoms with Gasteiger partial charge in [0.05, 0.1) is 0 Å². The van der Waals surface area contributed by atoms with Crippen LogP contribution in [0.5, 0.6) is 0 Å². The molecule has 1 aromatic rings. The average Bonchev–Trinajstić information content (AvgIpc) is 2.97. The summed E-state index contributed by atoms with van der Waals surface area (Å²) >= 11 is 0. The van der Waals surface area contributed by atoms with Gasteiger partial charge in [-0.15, -0.1) is 0 Å². The molecule has 1 fully saturated rings. The van der Waals surface area contributed by atoms with Crippen LogP contribution in [0.25, 0.3) is 0 Å². The van der Waals surface area contributed by atoms with Crippen LogP contribution in [0.2, 0.25) is 0 Å². The number of aromatic nitrogens is 2. The number of carbonyl (C=O) groups excluding carboxylic acids is 2. The zero-order valence-electron chi connectivity index (χ0n) is 13.3. The lowest BCUT2D eigenvalue weighted by molar-refractivity contribution is -0.144. The summed E-state index contributed by atoms with van der Waals surface area (Å²) in [6.07, 6.45) is -2.96. The molecule has 7 nitrogen and oxygen atoms in total. The molecule has 3 heterocycles. The van der Waals surface area contributed by atoms with Gasteiger partial charge in [0.2, 0.25) is 11.8 Å². The van der Waals surface area contributed by atoms with Crippen molar-refractivity contribution in [1.29, 1.82) is 0 Å². The van der Waals surface area contributed by atoms with E-state index in [9.17, 15) is 27.6 Å². The van der Waals surface area contributed by atoms with Crippen LogP contribution >= 0.6 is 0 Å². The van der Waals surface area contributed by atoms with E-state index in [0.717, 1.165) is 0 Å². The van der Waals surface area contributed by atoms with Crippen LogP contribution < -0.4 is 10.9 Å². The van der Waals surface area contributed by atoms with Crippen molar-refractivity contribution in [3.05, 3.63) is 27.2 Å². The smallest absolute Gasteiger partial charge is 0.353 e. The van der Waals surface area contributed by atoms with Crippen molar-refractivity contribution in [2.45, 2.75) is 50.9 Å². The van der Waals surface area contributed by atoms with E-state index >= 15 is 0 Å². The molecule has 136 valence electrons. The molecule has 3 rings (SSSR count). The molecule has 0 radical (unpaired) electrons. The van der Waals surface area contributed by atoms with E-state index in [1.807, 2.05) is 5.10 Å². The minimum atomic E-state index is -4.70. The maximum atomic E-state index is 13.1. The highest BCUT2D eigenvalue weighted by atomic mass is 19.4. The molecule has 2 N–H and O–H groups in total. The first kappa shape index (κ1) is 17.4. The molecule has 0 aromatic carbocycles. The monoisotopic (exact) mass is 358 g/mol. The number of carbonyl (C=O) groups is 2. The molecule has 0 spiro atoms. The van der Waals surface area contributed by atoms with Crippen LogP contribution in [0.1, 0.15) is 42.5 Å². The lowest BCUT2D eigenvalue weighted by Crippen LogP contribution is -2.40. The lowest BCUT2D eigenvalue weighted by atomic mass is 9.99. The molecule has 1 aromatic heterocycles. The number of nitrogens with zero attached hydrogens (tertiary/aromatic N) is 2. The van der Waals surface area contributed by atoms with Gasteiger partial charge in [0.15, 0.2) is 5.69 Å². The van der Waals surface area contributed by atoms with Crippen molar-refractivity contribution >= 4 is 11.8 Å². The van der Waals surface area contributed by atoms with E-state index in [0.29, 0.717) is 19.3 Å². The molecule has 2 aliphatic heterocycles. The van der Waals surface area contributed by atoms with Crippen LogP contribution in [0, 0.1) is 0 Å². The Morgan fingerprint density at radius 1 is 1.24 bits per heavy atom. The molecule has 0 bridgehead atoms. The van der Waals surface area contributed by atoms with Crippen LogP contribution in [-0.4, -0.2) is 39.5 Å². The number of alkyl halides is 3. The molecule has 0 aliphatic carbocycles. The standard InChI is InChI=1S/C15H17F3N4O3/c16-15(17,18)13-10-7-22(6-5-9(10)14(25)21-20-13)12(24)4-2-8-1-3-11(23)19-8/h8H,1-7H2,(H,19,23)(H,21,25). The Labute approximate surface area is 140 Å². The molecule has 0 saturated carbocycles. The van der Waals surface area contributed by atoms with Gasteiger partial charge in [-0.05, 0) is 19.3 Å². The summed E-state index contributed by atoms with van der Waals surface area (Å²) < 4.78 is 39.3. The molecule has 25 heavy (non-hydrogen) atoms. The minimum absolute atomic E-state index is 0.0365. The highest BCUT2D eigenvalue weighted by molar-refractivity contribution is 5.79. The molecule has 2 amide bonds. The largest absolute Gasteiger partial charge is 0.435 e. The van der Waals surface area contributed by atoms with Crippen molar-refractivity contribution in [3.8, 4) is 0 Å². The van der Waals surface area contributed by atoms with E-state index in [1.165, 1.54) is 4.90 Å². The molecule has 2 aliphatic rings. The second kappa shape index (κ2) is 6.49. The minimum Gasteiger partial charge on any atom is -0.353 e. The summed E-state index contributed by atoms with van der Waals surface area (Å²) in [6, 6.07) is -0.0659. The number of amides is 2. The second-order valence-corrected chi connectivity index (χ2v) is 6.26. The van der Waals surface area contributed by atoms with Gasteiger partial charge in [-0.3, -0.25) is 14.4 Å². The van der Waals surface area contributed by atoms with Gasteiger partial charge in [0, 0.05) is 43.1 Å². The molecule has 1 atom stereocenters. The Balaban J connectivity index is 1.71. The fourth-order valence-corrected chi connectivity index (χ4v) is 3.27. The summed E-state index contributed by atoms with van der Waals surface area (Å²) in [5, 5.41) is 7.75.